The number of hydrogen-bond donors (Lipinski definition) is 1. The SMILES string of the molecule is CC(C)(C)OC(=O)N1CC[C@@]2(C[C@@H]2CN)C1. The number of likely N-dealkylation sites (tertiary alicyclic amines) is 1. The van der Waals surface area contributed by atoms with Crippen molar-refractivity contribution in [2.45, 2.75) is 39.2 Å². The van der Waals surface area contributed by atoms with Crippen LogP contribution in [0, 0.1) is 11.3 Å². The Hall–Kier alpha value is -0.770. The third-order valence-corrected chi connectivity index (χ3v) is 3.68. The van der Waals surface area contributed by atoms with E-state index in [0.29, 0.717) is 11.3 Å². The second-order valence-corrected chi connectivity index (χ2v) is 6.15. The zero-order valence-corrected chi connectivity index (χ0v) is 10.5. The van der Waals surface area contributed by atoms with E-state index in [1.54, 1.807) is 0 Å². The Labute approximate surface area is 97.1 Å². The molecule has 1 spiro atoms. The number of rotatable bonds is 1. The number of carbonyl (C=O) groups is 1. The van der Waals surface area contributed by atoms with Gasteiger partial charge in [-0.25, -0.2) is 4.79 Å². The highest BCUT2D eigenvalue weighted by atomic mass is 16.6. The van der Waals surface area contributed by atoms with Crippen molar-refractivity contribution < 1.29 is 9.53 Å². The van der Waals surface area contributed by atoms with Gasteiger partial charge in [0.05, 0.1) is 0 Å². The first-order valence-corrected chi connectivity index (χ1v) is 6.04. The molecule has 1 heterocycles. The predicted molar refractivity (Wildman–Crippen MR) is 62.0 cm³/mol. The zero-order chi connectivity index (χ0) is 12.0. The van der Waals surface area contributed by atoms with Crippen LogP contribution in [-0.2, 0) is 4.74 Å². The summed E-state index contributed by atoms with van der Waals surface area (Å²) in [5.74, 6) is 0.625. The maximum atomic E-state index is 11.8. The highest BCUT2D eigenvalue weighted by Gasteiger charge is 2.57. The first-order chi connectivity index (χ1) is 7.36. The molecule has 1 amide bonds. The maximum Gasteiger partial charge on any atom is 0.410 e. The lowest BCUT2D eigenvalue weighted by atomic mass is 10.0. The van der Waals surface area contributed by atoms with Crippen LogP contribution in [0.3, 0.4) is 0 Å². The van der Waals surface area contributed by atoms with Gasteiger partial charge < -0.3 is 15.4 Å². The quantitative estimate of drug-likeness (QED) is 0.738. The summed E-state index contributed by atoms with van der Waals surface area (Å²) in [6.07, 6.45) is 2.10. The van der Waals surface area contributed by atoms with E-state index in [9.17, 15) is 4.79 Å². The highest BCUT2D eigenvalue weighted by molar-refractivity contribution is 5.68. The Morgan fingerprint density at radius 2 is 2.25 bits per heavy atom. The van der Waals surface area contributed by atoms with Gasteiger partial charge in [-0.05, 0) is 51.5 Å². The molecule has 2 fully saturated rings. The van der Waals surface area contributed by atoms with Crippen LogP contribution in [-0.4, -0.2) is 36.2 Å². The second-order valence-electron chi connectivity index (χ2n) is 6.15. The Kier molecular flexibility index (Phi) is 2.65. The van der Waals surface area contributed by atoms with Gasteiger partial charge in [0.2, 0.25) is 0 Å². The van der Waals surface area contributed by atoms with Gasteiger partial charge in [0.15, 0.2) is 0 Å². The fourth-order valence-electron chi connectivity index (χ4n) is 2.64. The van der Waals surface area contributed by atoms with E-state index in [1.807, 2.05) is 25.7 Å². The molecule has 0 unspecified atom stereocenters. The van der Waals surface area contributed by atoms with Crippen LogP contribution >= 0.6 is 0 Å². The molecule has 2 N–H and O–H groups in total. The Morgan fingerprint density at radius 3 is 2.75 bits per heavy atom. The molecule has 16 heavy (non-hydrogen) atoms. The van der Waals surface area contributed by atoms with E-state index in [4.69, 9.17) is 10.5 Å². The molecule has 4 heteroatoms. The first kappa shape index (κ1) is 11.7. The summed E-state index contributed by atoms with van der Waals surface area (Å²) in [5, 5.41) is 0. The lowest BCUT2D eigenvalue weighted by Gasteiger charge is -2.24. The molecule has 4 nitrogen and oxygen atoms in total. The average molecular weight is 226 g/mol. The van der Waals surface area contributed by atoms with E-state index in [2.05, 4.69) is 0 Å². The van der Waals surface area contributed by atoms with E-state index in [1.165, 1.54) is 6.42 Å². The highest BCUT2D eigenvalue weighted by Crippen LogP contribution is 2.57. The average Bonchev–Trinajstić information content (AvgIpc) is 2.62. The molecule has 92 valence electrons. The van der Waals surface area contributed by atoms with E-state index in [0.717, 1.165) is 26.1 Å². The smallest absolute Gasteiger partial charge is 0.410 e. The van der Waals surface area contributed by atoms with E-state index < -0.39 is 5.60 Å². The van der Waals surface area contributed by atoms with Gasteiger partial charge in [-0.3, -0.25) is 0 Å². The standard InChI is InChI=1S/C12H22N2O2/c1-11(2,3)16-10(15)14-5-4-12(8-14)6-9(12)7-13/h9H,4-8,13H2,1-3H3/t9-,12-/m1/s1. The molecule has 1 aliphatic carbocycles. The number of carbonyl (C=O) groups excluding carboxylic acids is 1. The molecule has 1 saturated heterocycles. The second kappa shape index (κ2) is 3.62. The van der Waals surface area contributed by atoms with Gasteiger partial charge >= 0.3 is 6.09 Å². The van der Waals surface area contributed by atoms with Crippen molar-refractivity contribution in [1.82, 2.24) is 4.90 Å². The molecular weight excluding hydrogens is 204 g/mol. The predicted octanol–water partition coefficient (Wildman–Crippen LogP) is 1.59. The minimum atomic E-state index is -0.399. The van der Waals surface area contributed by atoms with Crippen LogP contribution in [0.5, 0.6) is 0 Å². The third-order valence-electron chi connectivity index (χ3n) is 3.68. The van der Waals surface area contributed by atoms with Crippen LogP contribution in [0.2, 0.25) is 0 Å². The van der Waals surface area contributed by atoms with Crippen LogP contribution in [0.25, 0.3) is 0 Å². The molecular formula is C12H22N2O2. The van der Waals surface area contributed by atoms with Gasteiger partial charge in [-0.15, -0.1) is 0 Å². The lowest BCUT2D eigenvalue weighted by molar-refractivity contribution is 0.0284. The Morgan fingerprint density at radius 1 is 1.56 bits per heavy atom. The van der Waals surface area contributed by atoms with Gasteiger partial charge in [0, 0.05) is 13.1 Å². The number of hydrogen-bond acceptors (Lipinski definition) is 3. The van der Waals surface area contributed by atoms with Crippen molar-refractivity contribution in [1.29, 1.82) is 0 Å². The van der Waals surface area contributed by atoms with Crippen molar-refractivity contribution in [2.75, 3.05) is 19.6 Å². The summed E-state index contributed by atoms with van der Waals surface area (Å²) >= 11 is 0. The summed E-state index contributed by atoms with van der Waals surface area (Å²) in [6.45, 7) is 8.11. The fraction of sp³-hybridized carbons (Fsp3) is 0.917. The van der Waals surface area contributed by atoms with Gasteiger partial charge in [0.25, 0.3) is 0 Å². The minimum absolute atomic E-state index is 0.174. The molecule has 2 atom stereocenters. The normalized spacial score (nSPS) is 33.2. The van der Waals surface area contributed by atoms with E-state index in [-0.39, 0.29) is 6.09 Å². The van der Waals surface area contributed by atoms with Gasteiger partial charge in [0.1, 0.15) is 5.60 Å². The molecule has 0 aromatic carbocycles. The molecule has 1 saturated carbocycles. The van der Waals surface area contributed by atoms with Crippen molar-refractivity contribution in [2.24, 2.45) is 17.1 Å². The van der Waals surface area contributed by atoms with Crippen LogP contribution in [0.4, 0.5) is 4.79 Å². The zero-order valence-electron chi connectivity index (χ0n) is 10.5. The van der Waals surface area contributed by atoms with Crippen molar-refractivity contribution >= 4 is 6.09 Å². The number of nitrogens with two attached hydrogens (primary N) is 1. The Bertz CT molecular complexity index is 298. The minimum Gasteiger partial charge on any atom is -0.444 e. The summed E-state index contributed by atoms with van der Waals surface area (Å²) in [4.78, 5) is 13.7. The van der Waals surface area contributed by atoms with Crippen molar-refractivity contribution in [3.8, 4) is 0 Å². The molecule has 0 radical (unpaired) electrons. The third kappa shape index (κ3) is 2.17. The topological polar surface area (TPSA) is 55.6 Å². The maximum absolute atomic E-state index is 11.8. The summed E-state index contributed by atoms with van der Waals surface area (Å²) in [7, 11) is 0. The fourth-order valence-corrected chi connectivity index (χ4v) is 2.64. The van der Waals surface area contributed by atoms with Gasteiger partial charge in [-0.1, -0.05) is 0 Å². The summed E-state index contributed by atoms with van der Waals surface area (Å²) in [5.41, 5.74) is 5.62. The molecule has 2 rings (SSSR count). The molecule has 0 bridgehead atoms. The molecule has 0 aromatic rings. The van der Waals surface area contributed by atoms with Crippen LogP contribution < -0.4 is 5.73 Å². The molecule has 0 aromatic heterocycles. The van der Waals surface area contributed by atoms with E-state index >= 15 is 0 Å². The number of nitrogens with zero attached hydrogens (tertiary/aromatic N) is 1. The lowest BCUT2D eigenvalue weighted by Crippen LogP contribution is -2.35. The number of amides is 1. The first-order valence-electron chi connectivity index (χ1n) is 6.04. The van der Waals surface area contributed by atoms with Crippen LogP contribution in [0.15, 0.2) is 0 Å². The monoisotopic (exact) mass is 226 g/mol. The molecule has 2 aliphatic rings. The largest absolute Gasteiger partial charge is 0.444 e. The van der Waals surface area contributed by atoms with Gasteiger partial charge in [-0.2, -0.15) is 0 Å². The Balaban J connectivity index is 1.88. The van der Waals surface area contributed by atoms with Crippen LogP contribution in [0.1, 0.15) is 33.6 Å². The number of ether oxygens (including phenoxy) is 1. The van der Waals surface area contributed by atoms with Crippen molar-refractivity contribution in [3.05, 3.63) is 0 Å². The van der Waals surface area contributed by atoms with Crippen molar-refractivity contribution in [3.63, 3.8) is 0 Å². The summed E-state index contributed by atoms with van der Waals surface area (Å²) < 4.78 is 5.37. The summed E-state index contributed by atoms with van der Waals surface area (Å²) in [6, 6.07) is 0. The molecule has 1 aliphatic heterocycles.